The highest BCUT2D eigenvalue weighted by atomic mass is 16.5. The van der Waals surface area contributed by atoms with Gasteiger partial charge in [-0.05, 0) is 30.7 Å². The molecule has 3 nitrogen and oxygen atoms in total. The fraction of sp³-hybridized carbons (Fsp3) is 0.278. The van der Waals surface area contributed by atoms with Crippen molar-refractivity contribution in [1.82, 2.24) is 0 Å². The molecule has 2 aromatic rings. The third-order valence-electron chi connectivity index (χ3n) is 3.00. The van der Waals surface area contributed by atoms with Gasteiger partial charge in [-0.2, -0.15) is 0 Å². The van der Waals surface area contributed by atoms with Crippen molar-refractivity contribution in [1.29, 1.82) is 0 Å². The van der Waals surface area contributed by atoms with E-state index in [4.69, 9.17) is 9.47 Å². The van der Waals surface area contributed by atoms with E-state index < -0.39 is 0 Å². The van der Waals surface area contributed by atoms with Crippen molar-refractivity contribution in [3.05, 3.63) is 65.7 Å². The first-order chi connectivity index (χ1) is 10.3. The van der Waals surface area contributed by atoms with Crippen LogP contribution in [0.1, 0.15) is 29.3 Å². The molecular weight excluding hydrogens is 264 g/mol. The lowest BCUT2D eigenvalue weighted by Crippen LogP contribution is -2.07. The lowest BCUT2D eigenvalue weighted by atomic mass is 10.0. The van der Waals surface area contributed by atoms with Crippen LogP contribution >= 0.6 is 0 Å². The molecule has 0 heterocycles. The molecule has 2 aromatic carbocycles. The van der Waals surface area contributed by atoms with Crippen LogP contribution in [0.4, 0.5) is 0 Å². The topological polar surface area (TPSA) is 35.5 Å². The van der Waals surface area contributed by atoms with E-state index in [0.29, 0.717) is 24.3 Å². The van der Waals surface area contributed by atoms with Crippen molar-refractivity contribution in [3.63, 3.8) is 0 Å². The van der Waals surface area contributed by atoms with Crippen LogP contribution in [-0.4, -0.2) is 25.6 Å². The van der Waals surface area contributed by atoms with Crippen molar-refractivity contribution in [2.75, 3.05) is 19.8 Å². The number of carbonyl (C=O) groups excluding carboxylic acids is 1. The molecule has 0 aliphatic heterocycles. The summed E-state index contributed by atoms with van der Waals surface area (Å²) >= 11 is 0. The van der Waals surface area contributed by atoms with Gasteiger partial charge in [-0.15, -0.1) is 0 Å². The molecule has 0 unspecified atom stereocenters. The number of carbonyl (C=O) groups is 1. The van der Waals surface area contributed by atoms with Crippen LogP contribution < -0.4 is 4.74 Å². The molecule has 0 atom stereocenters. The molecule has 0 fully saturated rings. The van der Waals surface area contributed by atoms with Gasteiger partial charge in [0, 0.05) is 17.7 Å². The molecule has 0 aliphatic rings. The Bertz CT molecular complexity index is 546. The molecule has 0 radical (unpaired) electrons. The summed E-state index contributed by atoms with van der Waals surface area (Å²) in [6.45, 7) is 3.93. The molecule has 0 saturated heterocycles. The van der Waals surface area contributed by atoms with Gasteiger partial charge in [-0.1, -0.05) is 37.3 Å². The summed E-state index contributed by atoms with van der Waals surface area (Å²) in [5, 5.41) is 0. The molecule has 0 N–H and O–H groups in total. The maximum Gasteiger partial charge on any atom is 0.193 e. The summed E-state index contributed by atoms with van der Waals surface area (Å²) in [5.74, 6) is 0.771. The number of ketones is 1. The van der Waals surface area contributed by atoms with Gasteiger partial charge in [0.25, 0.3) is 0 Å². The number of ether oxygens (including phenoxy) is 2. The summed E-state index contributed by atoms with van der Waals surface area (Å²) in [5.41, 5.74) is 1.36. The minimum absolute atomic E-state index is 0.0217. The Hall–Kier alpha value is -2.13. The molecule has 0 aliphatic carbocycles. The lowest BCUT2D eigenvalue weighted by Gasteiger charge is -2.07. The SMILES string of the molecule is CCCOCCOc1ccc(C(=O)c2ccccc2)cc1. The van der Waals surface area contributed by atoms with Crippen LogP contribution in [0.15, 0.2) is 54.6 Å². The zero-order chi connectivity index (χ0) is 14.9. The Kier molecular flexibility index (Phi) is 5.98. The molecule has 0 spiro atoms. The molecule has 2 rings (SSSR count). The summed E-state index contributed by atoms with van der Waals surface area (Å²) < 4.78 is 10.9. The highest BCUT2D eigenvalue weighted by Gasteiger charge is 2.08. The lowest BCUT2D eigenvalue weighted by molar-refractivity contribution is 0.100. The average molecular weight is 284 g/mol. The monoisotopic (exact) mass is 284 g/mol. The van der Waals surface area contributed by atoms with E-state index in [9.17, 15) is 4.79 Å². The predicted octanol–water partition coefficient (Wildman–Crippen LogP) is 3.72. The Balaban J connectivity index is 1.88. The predicted molar refractivity (Wildman–Crippen MR) is 82.9 cm³/mol. The molecule has 3 heteroatoms. The second-order valence-electron chi connectivity index (χ2n) is 4.68. The van der Waals surface area contributed by atoms with Crippen LogP contribution in [-0.2, 0) is 4.74 Å². The molecule has 0 saturated carbocycles. The van der Waals surface area contributed by atoms with E-state index in [2.05, 4.69) is 6.92 Å². The van der Waals surface area contributed by atoms with E-state index >= 15 is 0 Å². The molecule has 110 valence electrons. The van der Waals surface area contributed by atoms with Crippen molar-refractivity contribution in [2.45, 2.75) is 13.3 Å². The van der Waals surface area contributed by atoms with Crippen molar-refractivity contribution in [3.8, 4) is 5.75 Å². The smallest absolute Gasteiger partial charge is 0.193 e. The summed E-state index contributed by atoms with van der Waals surface area (Å²) in [7, 11) is 0. The first kappa shape index (κ1) is 15.3. The standard InChI is InChI=1S/C18H20O3/c1-2-12-20-13-14-21-17-10-8-16(9-11-17)18(19)15-6-4-3-5-7-15/h3-11H,2,12-14H2,1H3. The quantitative estimate of drug-likeness (QED) is 0.547. The van der Waals surface area contributed by atoms with Crippen LogP contribution in [0.5, 0.6) is 5.75 Å². The van der Waals surface area contributed by atoms with Gasteiger partial charge in [0.2, 0.25) is 0 Å². The highest BCUT2D eigenvalue weighted by molar-refractivity contribution is 6.08. The second-order valence-corrected chi connectivity index (χ2v) is 4.68. The second kappa shape index (κ2) is 8.22. The van der Waals surface area contributed by atoms with Crippen LogP contribution in [0.3, 0.4) is 0 Å². The molecule has 0 aromatic heterocycles. The zero-order valence-electron chi connectivity index (χ0n) is 12.2. The highest BCUT2D eigenvalue weighted by Crippen LogP contribution is 2.15. The van der Waals surface area contributed by atoms with E-state index in [0.717, 1.165) is 18.8 Å². The van der Waals surface area contributed by atoms with E-state index in [1.165, 1.54) is 0 Å². The number of hydrogen-bond donors (Lipinski definition) is 0. The van der Waals surface area contributed by atoms with Crippen molar-refractivity contribution in [2.24, 2.45) is 0 Å². The van der Waals surface area contributed by atoms with E-state index in [1.54, 1.807) is 12.1 Å². The summed E-state index contributed by atoms with van der Waals surface area (Å²) in [4.78, 5) is 12.2. The number of rotatable bonds is 8. The van der Waals surface area contributed by atoms with Gasteiger partial charge >= 0.3 is 0 Å². The fourth-order valence-corrected chi connectivity index (χ4v) is 1.92. The maximum absolute atomic E-state index is 12.2. The largest absolute Gasteiger partial charge is 0.491 e. The molecule has 0 bridgehead atoms. The Labute approximate surface area is 125 Å². The Morgan fingerprint density at radius 2 is 1.52 bits per heavy atom. The van der Waals surface area contributed by atoms with E-state index in [-0.39, 0.29) is 5.78 Å². The molecule has 0 amide bonds. The van der Waals surface area contributed by atoms with Crippen LogP contribution in [0.25, 0.3) is 0 Å². The third-order valence-corrected chi connectivity index (χ3v) is 3.00. The van der Waals surface area contributed by atoms with Crippen LogP contribution in [0, 0.1) is 0 Å². The first-order valence-corrected chi connectivity index (χ1v) is 7.21. The summed E-state index contributed by atoms with van der Waals surface area (Å²) in [6.07, 6.45) is 1.01. The van der Waals surface area contributed by atoms with Gasteiger partial charge in [0.1, 0.15) is 12.4 Å². The van der Waals surface area contributed by atoms with E-state index in [1.807, 2.05) is 42.5 Å². The number of benzene rings is 2. The minimum atomic E-state index is 0.0217. The Morgan fingerprint density at radius 3 is 2.19 bits per heavy atom. The third kappa shape index (κ3) is 4.72. The molecule has 21 heavy (non-hydrogen) atoms. The normalized spacial score (nSPS) is 10.3. The Morgan fingerprint density at radius 1 is 0.857 bits per heavy atom. The maximum atomic E-state index is 12.2. The van der Waals surface area contributed by atoms with Gasteiger partial charge in [0.05, 0.1) is 6.61 Å². The average Bonchev–Trinajstić information content (AvgIpc) is 2.55. The van der Waals surface area contributed by atoms with Gasteiger partial charge < -0.3 is 9.47 Å². The minimum Gasteiger partial charge on any atom is -0.491 e. The fourth-order valence-electron chi connectivity index (χ4n) is 1.92. The van der Waals surface area contributed by atoms with Crippen LogP contribution in [0.2, 0.25) is 0 Å². The van der Waals surface area contributed by atoms with Crippen molar-refractivity contribution < 1.29 is 14.3 Å². The van der Waals surface area contributed by atoms with Crippen molar-refractivity contribution >= 4 is 5.78 Å². The van der Waals surface area contributed by atoms with Gasteiger partial charge in [-0.25, -0.2) is 0 Å². The van der Waals surface area contributed by atoms with Gasteiger partial charge in [-0.3, -0.25) is 4.79 Å². The van der Waals surface area contributed by atoms with Gasteiger partial charge in [0.15, 0.2) is 5.78 Å². The molecular formula is C18H20O3. The number of hydrogen-bond acceptors (Lipinski definition) is 3. The first-order valence-electron chi connectivity index (χ1n) is 7.21. The summed E-state index contributed by atoms with van der Waals surface area (Å²) in [6, 6.07) is 16.5. The zero-order valence-corrected chi connectivity index (χ0v) is 12.2.